The average molecular weight is 468 g/mol. The highest BCUT2D eigenvalue weighted by atomic mass is 35.5. The van der Waals surface area contributed by atoms with Crippen LogP contribution < -0.4 is 10.0 Å². The summed E-state index contributed by atoms with van der Waals surface area (Å²) in [7, 11) is -4.04. The van der Waals surface area contributed by atoms with E-state index in [-0.39, 0.29) is 23.0 Å². The van der Waals surface area contributed by atoms with Crippen LogP contribution in [0.25, 0.3) is 0 Å². The predicted molar refractivity (Wildman–Crippen MR) is 117 cm³/mol. The summed E-state index contributed by atoms with van der Waals surface area (Å²) < 4.78 is 26.9. The quantitative estimate of drug-likeness (QED) is 0.324. The molecule has 0 radical (unpaired) electrons. The van der Waals surface area contributed by atoms with Crippen molar-refractivity contribution in [2.24, 2.45) is 0 Å². The summed E-state index contributed by atoms with van der Waals surface area (Å²) in [6.07, 6.45) is 4.85. The molecule has 0 unspecified atom stereocenters. The number of rotatable bonds is 12. The van der Waals surface area contributed by atoms with Crippen LogP contribution in [0.5, 0.6) is 0 Å². The van der Waals surface area contributed by atoms with Crippen LogP contribution >= 0.6 is 11.6 Å². The second kappa shape index (κ2) is 12.4. The van der Waals surface area contributed by atoms with Gasteiger partial charge in [0.15, 0.2) is 0 Å². The van der Waals surface area contributed by atoms with E-state index >= 15 is 0 Å². The van der Waals surface area contributed by atoms with Crippen molar-refractivity contribution in [2.45, 2.75) is 43.6 Å². The van der Waals surface area contributed by atoms with Gasteiger partial charge in [-0.2, -0.15) is 0 Å². The predicted octanol–water partition coefficient (Wildman–Crippen LogP) is 2.15. The number of amides is 2. The number of nitrogens with zero attached hydrogens (tertiary/aromatic N) is 1. The van der Waals surface area contributed by atoms with Gasteiger partial charge in [-0.1, -0.05) is 18.6 Å². The van der Waals surface area contributed by atoms with E-state index in [4.69, 9.17) is 16.7 Å². The summed E-state index contributed by atoms with van der Waals surface area (Å²) >= 11 is 5.60. The molecule has 8 nitrogen and oxygen atoms in total. The van der Waals surface area contributed by atoms with Crippen LogP contribution in [0.1, 0.15) is 47.3 Å². The zero-order valence-electron chi connectivity index (χ0n) is 17.0. The third-order valence-corrected chi connectivity index (χ3v) is 6.10. The maximum Gasteiger partial charge on any atom is 0.266 e. The van der Waals surface area contributed by atoms with Crippen LogP contribution in [0.2, 0.25) is 0 Å². The van der Waals surface area contributed by atoms with Crippen LogP contribution in [0.3, 0.4) is 0 Å². The van der Waals surface area contributed by atoms with Gasteiger partial charge in [-0.25, -0.2) is 13.1 Å². The molecule has 0 saturated heterocycles. The zero-order chi connectivity index (χ0) is 22.7. The number of hydrogen-bond donors (Lipinski definition) is 3. The van der Waals surface area contributed by atoms with Gasteiger partial charge in [-0.3, -0.25) is 14.6 Å². The van der Waals surface area contributed by atoms with Gasteiger partial charge >= 0.3 is 0 Å². The number of aromatic nitrogens is 1. The molecule has 168 valence electrons. The summed E-state index contributed by atoms with van der Waals surface area (Å²) in [6, 6.07) is 8.93. The van der Waals surface area contributed by atoms with E-state index in [2.05, 4.69) is 10.3 Å². The van der Waals surface area contributed by atoms with Gasteiger partial charge in [0, 0.05) is 25.0 Å². The molecule has 1 aromatic carbocycles. The lowest BCUT2D eigenvalue weighted by Gasteiger charge is -2.09. The van der Waals surface area contributed by atoms with Crippen LogP contribution in [0, 0.1) is 0 Å². The average Bonchev–Trinajstić information content (AvgIpc) is 2.77. The molecule has 2 aromatic rings. The number of pyridine rings is 1. The number of aliphatic hydroxyl groups excluding tert-OH is 1. The number of nitrogens with one attached hydrogen (secondary N) is 2. The van der Waals surface area contributed by atoms with Crippen molar-refractivity contribution >= 4 is 33.4 Å². The lowest BCUT2D eigenvalue weighted by atomic mass is 10.1. The summed E-state index contributed by atoms with van der Waals surface area (Å²) in [5.41, 5.74) is 1.30. The molecule has 2 amide bonds. The maximum absolute atomic E-state index is 12.4. The van der Waals surface area contributed by atoms with Crippen molar-refractivity contribution in [3.63, 3.8) is 0 Å². The highest BCUT2D eigenvalue weighted by molar-refractivity contribution is 7.90. The van der Waals surface area contributed by atoms with Crippen molar-refractivity contribution < 1.29 is 23.1 Å². The molecule has 1 aromatic heterocycles. The number of sulfonamides is 1. The molecule has 1 heterocycles. The van der Waals surface area contributed by atoms with Crippen molar-refractivity contribution in [1.82, 2.24) is 15.0 Å². The first-order valence-corrected chi connectivity index (χ1v) is 11.9. The van der Waals surface area contributed by atoms with E-state index < -0.39 is 15.9 Å². The molecule has 2 rings (SSSR count). The van der Waals surface area contributed by atoms with Gasteiger partial charge in [0.25, 0.3) is 15.9 Å². The molecular formula is C21H26ClN3O5S. The Labute approximate surface area is 187 Å². The number of alkyl halides is 1. The monoisotopic (exact) mass is 467 g/mol. The Morgan fingerprint density at radius 2 is 1.77 bits per heavy atom. The highest BCUT2D eigenvalue weighted by Crippen LogP contribution is 2.12. The third kappa shape index (κ3) is 8.28. The molecule has 0 saturated carbocycles. The number of carbonyl (C=O) groups is 2. The Bertz CT molecular complexity index is 964. The van der Waals surface area contributed by atoms with Gasteiger partial charge in [-0.15, -0.1) is 11.6 Å². The largest absolute Gasteiger partial charge is 0.390 e. The van der Waals surface area contributed by atoms with Crippen molar-refractivity contribution in [3.8, 4) is 0 Å². The van der Waals surface area contributed by atoms with Crippen LogP contribution in [0.4, 0.5) is 0 Å². The van der Waals surface area contributed by atoms with Crippen molar-refractivity contribution in [3.05, 3.63) is 59.4 Å². The fraction of sp³-hybridized carbons (Fsp3) is 0.381. The molecule has 0 aliphatic heterocycles. The molecule has 31 heavy (non-hydrogen) atoms. The van der Waals surface area contributed by atoms with Crippen molar-refractivity contribution in [1.29, 1.82) is 0 Å². The maximum atomic E-state index is 12.4. The molecular weight excluding hydrogens is 442 g/mol. The third-order valence-electron chi connectivity index (χ3n) is 4.48. The molecule has 0 bridgehead atoms. The number of hydrogen-bond acceptors (Lipinski definition) is 6. The fourth-order valence-electron chi connectivity index (χ4n) is 2.72. The Balaban J connectivity index is 1.85. The minimum atomic E-state index is -4.04. The number of aliphatic hydroxyl groups is 1. The first-order valence-electron chi connectivity index (χ1n) is 9.90. The number of halogens is 1. The lowest BCUT2D eigenvalue weighted by Crippen LogP contribution is -2.30. The van der Waals surface area contributed by atoms with Gasteiger partial charge in [-0.05, 0) is 49.1 Å². The fourth-order valence-corrected chi connectivity index (χ4v) is 3.88. The minimum absolute atomic E-state index is 0.0157. The van der Waals surface area contributed by atoms with Gasteiger partial charge in [0.2, 0.25) is 5.91 Å². The van der Waals surface area contributed by atoms with E-state index in [0.29, 0.717) is 31.0 Å². The van der Waals surface area contributed by atoms with Gasteiger partial charge in [0.1, 0.15) is 0 Å². The molecule has 0 spiro atoms. The van der Waals surface area contributed by atoms with Gasteiger partial charge < -0.3 is 10.4 Å². The Kier molecular flexibility index (Phi) is 9.90. The number of benzene rings is 1. The molecule has 0 aliphatic rings. The molecule has 0 aliphatic carbocycles. The Morgan fingerprint density at radius 3 is 2.39 bits per heavy atom. The summed E-state index contributed by atoms with van der Waals surface area (Å²) in [5.74, 6) is -0.223. The summed E-state index contributed by atoms with van der Waals surface area (Å²) in [6.45, 7) is 0.179. The van der Waals surface area contributed by atoms with Crippen LogP contribution in [-0.2, 0) is 27.8 Å². The van der Waals surface area contributed by atoms with E-state index in [0.717, 1.165) is 24.8 Å². The van der Waals surface area contributed by atoms with Gasteiger partial charge in [0.05, 0.1) is 22.8 Å². The molecule has 10 heteroatoms. The normalized spacial score (nSPS) is 11.2. The number of carbonyl (C=O) groups excluding carboxylic acids is 2. The van der Waals surface area contributed by atoms with Crippen LogP contribution in [0.15, 0.2) is 47.5 Å². The summed E-state index contributed by atoms with van der Waals surface area (Å²) in [5, 5.41) is 11.8. The van der Waals surface area contributed by atoms with Crippen LogP contribution in [-0.4, -0.2) is 42.7 Å². The summed E-state index contributed by atoms with van der Waals surface area (Å²) in [4.78, 5) is 27.7. The molecule has 3 N–H and O–H groups in total. The number of unbranched alkanes of at least 4 members (excludes halogenated alkanes) is 2. The second-order valence-electron chi connectivity index (χ2n) is 6.87. The highest BCUT2D eigenvalue weighted by Gasteiger charge is 2.19. The Hall–Kier alpha value is -2.49. The standard InChI is InChI=1S/C21H26ClN3O5S/c22-12-3-1-2-4-20(27)23-13-11-16-5-9-19(10-6-16)31(29,30)25-21(28)17-7-8-18(15-26)24-14-17/h5-10,14,26H,1-4,11-13,15H2,(H,23,27)(H,25,28). The van der Waals surface area contributed by atoms with E-state index in [9.17, 15) is 18.0 Å². The zero-order valence-corrected chi connectivity index (χ0v) is 18.6. The SMILES string of the molecule is O=C(CCCCCCl)NCCc1ccc(S(=O)(=O)NC(=O)c2ccc(CO)nc2)cc1. The molecule has 0 fully saturated rings. The van der Waals surface area contributed by atoms with E-state index in [1.54, 1.807) is 12.1 Å². The topological polar surface area (TPSA) is 125 Å². The minimum Gasteiger partial charge on any atom is -0.390 e. The smallest absolute Gasteiger partial charge is 0.266 e. The molecule has 0 atom stereocenters. The van der Waals surface area contributed by atoms with E-state index in [1.807, 2.05) is 4.72 Å². The Morgan fingerprint density at radius 1 is 1.03 bits per heavy atom. The second-order valence-corrected chi connectivity index (χ2v) is 8.93. The first kappa shape index (κ1) is 24.8. The first-order chi connectivity index (χ1) is 14.9. The van der Waals surface area contributed by atoms with E-state index in [1.165, 1.54) is 30.5 Å². The lowest BCUT2D eigenvalue weighted by molar-refractivity contribution is -0.121. The van der Waals surface area contributed by atoms with Crippen molar-refractivity contribution in [2.75, 3.05) is 12.4 Å².